The van der Waals surface area contributed by atoms with Crippen molar-refractivity contribution in [1.82, 2.24) is 9.88 Å². The third-order valence-corrected chi connectivity index (χ3v) is 7.59. The molecule has 192 valence electrons. The number of oxazole rings is 1. The zero-order chi connectivity index (χ0) is 26.2. The van der Waals surface area contributed by atoms with Gasteiger partial charge in [0.05, 0.1) is 12.1 Å². The van der Waals surface area contributed by atoms with Gasteiger partial charge in [-0.3, -0.25) is 14.4 Å². The van der Waals surface area contributed by atoms with E-state index in [1.54, 1.807) is 35.2 Å². The predicted octanol–water partition coefficient (Wildman–Crippen LogP) is 5.91. The van der Waals surface area contributed by atoms with Gasteiger partial charge in [-0.1, -0.05) is 49.1 Å². The standard InChI is InChI=1S/C31H29N3O4/c1-20-8-7-9-22(18-20)30(36)33(23-10-3-2-4-11-23)26-19-28(35)34(31(26)37)24-16-14-21(15-17-24)29-32-25-12-5-6-13-27(25)38-29/h5-9,12-18,23,26H,2-4,10-11,19H2,1H3. The van der Waals surface area contributed by atoms with E-state index >= 15 is 0 Å². The average molecular weight is 508 g/mol. The summed E-state index contributed by atoms with van der Waals surface area (Å²) in [5, 5.41) is 0. The van der Waals surface area contributed by atoms with Crippen molar-refractivity contribution in [2.75, 3.05) is 4.90 Å². The number of anilines is 1. The number of imide groups is 1. The molecule has 1 saturated heterocycles. The molecular formula is C31H29N3O4. The Balaban J connectivity index is 1.28. The summed E-state index contributed by atoms with van der Waals surface area (Å²) < 4.78 is 5.85. The largest absolute Gasteiger partial charge is 0.436 e. The van der Waals surface area contributed by atoms with Gasteiger partial charge in [0.15, 0.2) is 5.58 Å². The summed E-state index contributed by atoms with van der Waals surface area (Å²) in [6, 6.07) is 21.2. The van der Waals surface area contributed by atoms with Crippen LogP contribution in [0.2, 0.25) is 0 Å². The van der Waals surface area contributed by atoms with Crippen molar-refractivity contribution in [2.24, 2.45) is 0 Å². The molecule has 1 saturated carbocycles. The van der Waals surface area contributed by atoms with Crippen LogP contribution in [0.3, 0.4) is 0 Å². The monoisotopic (exact) mass is 507 g/mol. The van der Waals surface area contributed by atoms with Crippen LogP contribution >= 0.6 is 0 Å². The minimum Gasteiger partial charge on any atom is -0.436 e. The molecule has 38 heavy (non-hydrogen) atoms. The van der Waals surface area contributed by atoms with Crippen molar-refractivity contribution in [2.45, 2.75) is 57.5 Å². The van der Waals surface area contributed by atoms with Crippen LogP contribution in [0.4, 0.5) is 5.69 Å². The molecule has 6 rings (SSSR count). The zero-order valence-electron chi connectivity index (χ0n) is 21.3. The Morgan fingerprint density at radius 2 is 1.71 bits per heavy atom. The molecule has 1 aromatic heterocycles. The van der Waals surface area contributed by atoms with Gasteiger partial charge in [-0.15, -0.1) is 0 Å². The maximum absolute atomic E-state index is 13.8. The van der Waals surface area contributed by atoms with Crippen molar-refractivity contribution in [1.29, 1.82) is 0 Å². The van der Waals surface area contributed by atoms with Gasteiger partial charge in [-0.05, 0) is 68.3 Å². The summed E-state index contributed by atoms with van der Waals surface area (Å²) in [5.74, 6) is -0.356. The van der Waals surface area contributed by atoms with E-state index in [1.807, 2.05) is 49.4 Å². The highest BCUT2D eigenvalue weighted by Gasteiger charge is 2.46. The molecule has 1 atom stereocenters. The number of aryl methyl sites for hydroxylation is 1. The molecule has 7 nitrogen and oxygen atoms in total. The maximum Gasteiger partial charge on any atom is 0.257 e. The van der Waals surface area contributed by atoms with E-state index in [0.29, 0.717) is 22.7 Å². The first-order chi connectivity index (χ1) is 18.5. The molecule has 0 spiro atoms. The van der Waals surface area contributed by atoms with Gasteiger partial charge in [0.2, 0.25) is 11.8 Å². The van der Waals surface area contributed by atoms with E-state index in [2.05, 4.69) is 4.98 Å². The fourth-order valence-electron chi connectivity index (χ4n) is 5.70. The first-order valence-corrected chi connectivity index (χ1v) is 13.2. The van der Waals surface area contributed by atoms with E-state index in [0.717, 1.165) is 48.7 Å². The molecule has 0 radical (unpaired) electrons. The highest BCUT2D eigenvalue weighted by molar-refractivity contribution is 6.23. The van der Waals surface area contributed by atoms with Crippen molar-refractivity contribution >= 4 is 34.5 Å². The second-order valence-electron chi connectivity index (χ2n) is 10.2. The Labute approximate surface area is 221 Å². The molecule has 3 amide bonds. The van der Waals surface area contributed by atoms with Gasteiger partial charge in [-0.25, -0.2) is 9.88 Å². The smallest absolute Gasteiger partial charge is 0.257 e. The fourth-order valence-corrected chi connectivity index (χ4v) is 5.70. The lowest BCUT2D eigenvalue weighted by Crippen LogP contribution is -2.51. The van der Waals surface area contributed by atoms with Crippen molar-refractivity contribution in [3.63, 3.8) is 0 Å². The number of hydrogen-bond donors (Lipinski definition) is 0. The van der Waals surface area contributed by atoms with Crippen LogP contribution in [0, 0.1) is 6.92 Å². The Morgan fingerprint density at radius 1 is 0.947 bits per heavy atom. The van der Waals surface area contributed by atoms with Crippen LogP contribution in [-0.2, 0) is 9.59 Å². The maximum atomic E-state index is 13.8. The summed E-state index contributed by atoms with van der Waals surface area (Å²) in [7, 11) is 0. The lowest BCUT2D eigenvalue weighted by molar-refractivity contribution is -0.123. The molecule has 1 aliphatic carbocycles. The predicted molar refractivity (Wildman–Crippen MR) is 145 cm³/mol. The number of carbonyl (C=O) groups excluding carboxylic acids is 3. The van der Waals surface area contributed by atoms with Gasteiger partial charge < -0.3 is 9.32 Å². The Kier molecular flexibility index (Phi) is 6.27. The number of aromatic nitrogens is 1. The number of nitrogens with zero attached hydrogens (tertiary/aromatic N) is 3. The van der Waals surface area contributed by atoms with E-state index in [1.165, 1.54) is 4.90 Å². The van der Waals surface area contributed by atoms with Crippen LogP contribution in [0.25, 0.3) is 22.6 Å². The number of amides is 3. The second kappa shape index (κ2) is 9.89. The number of benzene rings is 3. The summed E-state index contributed by atoms with van der Waals surface area (Å²) in [4.78, 5) is 48.2. The molecule has 1 aliphatic heterocycles. The summed E-state index contributed by atoms with van der Waals surface area (Å²) in [5.41, 5.74) is 4.22. The molecule has 2 heterocycles. The minimum absolute atomic E-state index is 0.0141. The minimum atomic E-state index is -0.810. The van der Waals surface area contributed by atoms with Crippen molar-refractivity contribution in [3.05, 3.63) is 83.9 Å². The van der Waals surface area contributed by atoms with Gasteiger partial charge in [0.1, 0.15) is 11.6 Å². The number of hydrogen-bond acceptors (Lipinski definition) is 5. The molecule has 4 aromatic rings. The first kappa shape index (κ1) is 24.1. The molecule has 2 aliphatic rings. The van der Waals surface area contributed by atoms with Crippen LogP contribution in [0.5, 0.6) is 0 Å². The Morgan fingerprint density at radius 3 is 2.45 bits per heavy atom. The number of para-hydroxylation sites is 2. The Hall–Kier alpha value is -4.26. The summed E-state index contributed by atoms with van der Waals surface area (Å²) in [6.45, 7) is 1.94. The zero-order valence-corrected chi connectivity index (χ0v) is 21.3. The van der Waals surface area contributed by atoms with Gasteiger partial charge >= 0.3 is 0 Å². The topological polar surface area (TPSA) is 83.7 Å². The van der Waals surface area contributed by atoms with Crippen LogP contribution in [-0.4, -0.2) is 39.7 Å². The molecule has 2 fully saturated rings. The van der Waals surface area contributed by atoms with Crippen LogP contribution < -0.4 is 4.90 Å². The highest BCUT2D eigenvalue weighted by atomic mass is 16.3. The SMILES string of the molecule is Cc1cccc(C(=O)N(C2CCCCC2)C2CC(=O)N(c3ccc(-c4nc5ccccc5o4)cc3)C2=O)c1. The Bertz CT molecular complexity index is 1480. The molecule has 1 unspecified atom stereocenters. The summed E-state index contributed by atoms with van der Waals surface area (Å²) in [6.07, 6.45) is 4.82. The van der Waals surface area contributed by atoms with E-state index in [-0.39, 0.29) is 30.2 Å². The normalized spacial score (nSPS) is 18.3. The fraction of sp³-hybridized carbons (Fsp3) is 0.290. The van der Waals surface area contributed by atoms with Gasteiger partial charge in [0.25, 0.3) is 11.8 Å². The molecule has 3 aromatic carbocycles. The third kappa shape index (κ3) is 4.38. The summed E-state index contributed by atoms with van der Waals surface area (Å²) >= 11 is 0. The number of rotatable bonds is 5. The van der Waals surface area contributed by atoms with Gasteiger partial charge in [-0.2, -0.15) is 0 Å². The van der Waals surface area contributed by atoms with E-state index < -0.39 is 6.04 Å². The molecule has 7 heteroatoms. The number of carbonyl (C=O) groups is 3. The highest BCUT2D eigenvalue weighted by Crippen LogP contribution is 2.33. The van der Waals surface area contributed by atoms with Crippen molar-refractivity contribution < 1.29 is 18.8 Å². The van der Waals surface area contributed by atoms with E-state index in [4.69, 9.17) is 4.42 Å². The van der Waals surface area contributed by atoms with Crippen LogP contribution in [0.15, 0.2) is 77.2 Å². The first-order valence-electron chi connectivity index (χ1n) is 13.2. The van der Waals surface area contributed by atoms with Crippen molar-refractivity contribution in [3.8, 4) is 11.5 Å². The van der Waals surface area contributed by atoms with Crippen LogP contribution in [0.1, 0.15) is 54.4 Å². The lowest BCUT2D eigenvalue weighted by Gasteiger charge is -2.37. The number of fused-ring (bicyclic) bond motifs is 1. The molecule has 0 N–H and O–H groups in total. The van der Waals surface area contributed by atoms with Gasteiger partial charge in [0, 0.05) is 17.2 Å². The second-order valence-corrected chi connectivity index (χ2v) is 10.2. The average Bonchev–Trinajstić information content (AvgIpc) is 3.50. The lowest BCUT2D eigenvalue weighted by atomic mass is 9.92. The molecular weight excluding hydrogens is 478 g/mol. The van der Waals surface area contributed by atoms with E-state index in [9.17, 15) is 14.4 Å². The quantitative estimate of drug-likeness (QED) is 0.314. The third-order valence-electron chi connectivity index (χ3n) is 7.59. The molecule has 0 bridgehead atoms.